The van der Waals surface area contributed by atoms with Crippen LogP contribution in [0, 0.1) is 0 Å². The van der Waals surface area contributed by atoms with Crippen LogP contribution in [0.25, 0.3) is 0 Å². The maximum atomic E-state index is 11.6. The molecule has 17 heavy (non-hydrogen) atoms. The number of ether oxygens (including phenoxy) is 2. The molecule has 1 atom stereocenters. The van der Waals surface area contributed by atoms with Crippen molar-refractivity contribution in [3.8, 4) is 0 Å². The van der Waals surface area contributed by atoms with E-state index in [0.29, 0.717) is 0 Å². The molecule has 0 fully saturated rings. The summed E-state index contributed by atoms with van der Waals surface area (Å²) in [6, 6.07) is 0. The minimum absolute atomic E-state index is 0.0355. The molecule has 0 aromatic heterocycles. The monoisotopic (exact) mass is 308 g/mol. The average Bonchev–Trinajstić information content (AvgIpc) is 1.95. The second kappa shape index (κ2) is 5.85. The Morgan fingerprint density at radius 1 is 1.00 bits per heavy atom. The molecule has 5 heteroatoms. The lowest BCUT2D eigenvalue weighted by atomic mass is 10.2. The highest BCUT2D eigenvalue weighted by molar-refractivity contribution is 9.10. The quantitative estimate of drug-likeness (QED) is 0.594. The molecule has 0 aliphatic carbocycles. The second-order valence-corrected chi connectivity index (χ2v) is 6.90. The van der Waals surface area contributed by atoms with Crippen LogP contribution >= 0.6 is 15.9 Å². The molecule has 0 saturated carbocycles. The van der Waals surface area contributed by atoms with Gasteiger partial charge in [-0.25, -0.2) is 0 Å². The zero-order valence-electron chi connectivity index (χ0n) is 11.3. The first-order valence-electron chi connectivity index (χ1n) is 5.49. The van der Waals surface area contributed by atoms with Crippen LogP contribution in [0.4, 0.5) is 0 Å². The van der Waals surface area contributed by atoms with E-state index < -0.39 is 28.0 Å². The lowest BCUT2D eigenvalue weighted by molar-refractivity contribution is -0.161. The molecular formula is C12H21BrO4. The Hall–Kier alpha value is -0.580. The minimum atomic E-state index is -0.670. The van der Waals surface area contributed by atoms with E-state index in [1.807, 2.05) is 0 Å². The van der Waals surface area contributed by atoms with E-state index in [1.165, 1.54) is 0 Å². The Morgan fingerprint density at radius 3 is 1.76 bits per heavy atom. The van der Waals surface area contributed by atoms with Crippen molar-refractivity contribution in [2.75, 3.05) is 0 Å². The molecule has 0 rings (SSSR count). The molecule has 0 saturated heterocycles. The van der Waals surface area contributed by atoms with Crippen LogP contribution in [0.1, 0.15) is 48.0 Å². The van der Waals surface area contributed by atoms with Crippen LogP contribution in [0.3, 0.4) is 0 Å². The molecule has 0 N–H and O–H groups in total. The average molecular weight is 309 g/mol. The highest BCUT2D eigenvalue weighted by atomic mass is 79.9. The Balaban J connectivity index is 4.22. The van der Waals surface area contributed by atoms with Crippen molar-refractivity contribution in [2.45, 2.75) is 64.0 Å². The number of alkyl halides is 1. The van der Waals surface area contributed by atoms with Gasteiger partial charge in [0.15, 0.2) is 0 Å². The number of carbonyl (C=O) groups excluding carboxylic acids is 2. The summed E-state index contributed by atoms with van der Waals surface area (Å²) < 4.78 is 10.2. The molecule has 100 valence electrons. The summed E-state index contributed by atoms with van der Waals surface area (Å²) >= 11 is 3.13. The van der Waals surface area contributed by atoms with Crippen molar-refractivity contribution < 1.29 is 19.1 Å². The van der Waals surface area contributed by atoms with Gasteiger partial charge in [-0.15, -0.1) is 0 Å². The Labute approximate surface area is 111 Å². The molecule has 0 bridgehead atoms. The summed E-state index contributed by atoms with van der Waals surface area (Å²) in [6.07, 6.45) is -0.0355. The van der Waals surface area contributed by atoms with Crippen molar-refractivity contribution in [1.82, 2.24) is 0 Å². The fraction of sp³-hybridized carbons (Fsp3) is 0.833. The molecule has 0 radical (unpaired) electrons. The van der Waals surface area contributed by atoms with Gasteiger partial charge in [-0.3, -0.25) is 9.59 Å². The van der Waals surface area contributed by atoms with Crippen LogP contribution < -0.4 is 0 Å². The molecule has 0 unspecified atom stereocenters. The maximum Gasteiger partial charge on any atom is 0.320 e. The number of esters is 2. The SMILES string of the molecule is CC(C)(C)OC(=O)C[C@@H](Br)C(=O)OC(C)(C)C. The van der Waals surface area contributed by atoms with Crippen LogP contribution in [-0.4, -0.2) is 28.0 Å². The van der Waals surface area contributed by atoms with Gasteiger partial charge in [-0.05, 0) is 41.5 Å². The fourth-order valence-electron chi connectivity index (χ4n) is 0.979. The molecule has 4 nitrogen and oxygen atoms in total. The summed E-state index contributed by atoms with van der Waals surface area (Å²) in [4.78, 5) is 22.4. The van der Waals surface area contributed by atoms with E-state index >= 15 is 0 Å². The van der Waals surface area contributed by atoms with Crippen LogP contribution in [0.2, 0.25) is 0 Å². The van der Waals surface area contributed by atoms with Gasteiger partial charge >= 0.3 is 11.9 Å². The summed E-state index contributed by atoms with van der Waals surface area (Å²) in [5.74, 6) is -0.881. The van der Waals surface area contributed by atoms with Crippen LogP contribution in [0.15, 0.2) is 0 Å². The summed E-state index contributed by atoms with van der Waals surface area (Å²) in [6.45, 7) is 10.7. The van der Waals surface area contributed by atoms with E-state index in [-0.39, 0.29) is 6.42 Å². The van der Waals surface area contributed by atoms with Gasteiger partial charge in [0.1, 0.15) is 16.0 Å². The normalized spacial score (nSPS) is 14.1. The Morgan fingerprint density at radius 2 is 1.41 bits per heavy atom. The zero-order chi connectivity index (χ0) is 13.9. The number of hydrogen-bond acceptors (Lipinski definition) is 4. The largest absolute Gasteiger partial charge is 0.460 e. The molecule has 0 aliphatic heterocycles. The second-order valence-electron chi connectivity index (χ2n) is 5.79. The van der Waals surface area contributed by atoms with E-state index in [9.17, 15) is 9.59 Å². The Bertz CT molecular complexity index is 286. The predicted octanol–water partition coefficient (Wildman–Crippen LogP) is 2.82. The van der Waals surface area contributed by atoms with Gasteiger partial charge < -0.3 is 9.47 Å². The van der Waals surface area contributed by atoms with Gasteiger partial charge in [0.2, 0.25) is 0 Å². The van der Waals surface area contributed by atoms with E-state index in [2.05, 4.69) is 15.9 Å². The van der Waals surface area contributed by atoms with Crippen molar-refractivity contribution in [1.29, 1.82) is 0 Å². The molecule has 0 spiro atoms. The predicted molar refractivity (Wildman–Crippen MR) is 69.0 cm³/mol. The smallest absolute Gasteiger partial charge is 0.320 e. The zero-order valence-corrected chi connectivity index (χ0v) is 12.9. The van der Waals surface area contributed by atoms with Gasteiger partial charge in [0.05, 0.1) is 6.42 Å². The van der Waals surface area contributed by atoms with E-state index in [4.69, 9.17) is 9.47 Å². The van der Waals surface area contributed by atoms with Crippen LogP contribution in [0.5, 0.6) is 0 Å². The van der Waals surface area contributed by atoms with Crippen molar-refractivity contribution in [3.05, 3.63) is 0 Å². The van der Waals surface area contributed by atoms with Crippen molar-refractivity contribution in [2.24, 2.45) is 0 Å². The molecule has 0 amide bonds. The third-order valence-electron chi connectivity index (χ3n) is 1.43. The molecule has 0 aliphatic rings. The first-order chi connectivity index (χ1) is 7.41. The molecule has 0 aromatic rings. The fourth-order valence-corrected chi connectivity index (χ4v) is 1.34. The first-order valence-corrected chi connectivity index (χ1v) is 6.41. The third kappa shape index (κ3) is 9.15. The Kier molecular flexibility index (Phi) is 5.65. The van der Waals surface area contributed by atoms with E-state index in [1.54, 1.807) is 41.5 Å². The highest BCUT2D eigenvalue weighted by Crippen LogP contribution is 2.17. The van der Waals surface area contributed by atoms with Crippen molar-refractivity contribution >= 4 is 27.9 Å². The lowest BCUT2D eigenvalue weighted by Gasteiger charge is -2.23. The molecule has 0 heterocycles. The van der Waals surface area contributed by atoms with Gasteiger partial charge in [0, 0.05) is 0 Å². The first kappa shape index (κ1) is 16.4. The molecule has 0 aromatic carbocycles. The van der Waals surface area contributed by atoms with Gasteiger partial charge in [0.25, 0.3) is 0 Å². The summed E-state index contributed by atoms with van der Waals surface area (Å²) in [5.41, 5.74) is -1.10. The van der Waals surface area contributed by atoms with Gasteiger partial charge in [-0.1, -0.05) is 15.9 Å². The highest BCUT2D eigenvalue weighted by Gasteiger charge is 2.27. The van der Waals surface area contributed by atoms with E-state index in [0.717, 1.165) is 0 Å². The lowest BCUT2D eigenvalue weighted by Crippen LogP contribution is -2.32. The van der Waals surface area contributed by atoms with Gasteiger partial charge in [-0.2, -0.15) is 0 Å². The number of halogens is 1. The maximum absolute atomic E-state index is 11.6. The molecular weight excluding hydrogens is 288 g/mol. The standard InChI is InChI=1S/C12H21BrO4/c1-11(2,3)16-9(14)7-8(13)10(15)17-12(4,5)6/h8H,7H2,1-6H3/t8-/m1/s1. The number of carbonyl (C=O) groups is 2. The third-order valence-corrected chi connectivity index (χ3v) is 2.13. The minimum Gasteiger partial charge on any atom is -0.460 e. The van der Waals surface area contributed by atoms with Crippen LogP contribution in [-0.2, 0) is 19.1 Å². The topological polar surface area (TPSA) is 52.6 Å². The van der Waals surface area contributed by atoms with Crippen molar-refractivity contribution in [3.63, 3.8) is 0 Å². The number of hydrogen-bond donors (Lipinski definition) is 0. The summed E-state index contributed by atoms with van der Waals surface area (Å²) in [5, 5.41) is 0. The number of rotatable bonds is 3. The summed E-state index contributed by atoms with van der Waals surface area (Å²) in [7, 11) is 0.